The maximum atomic E-state index is 6.37. The molecule has 0 spiro atoms. The number of hydrogen-bond acceptors (Lipinski definition) is 3. The molecular weight excluding hydrogens is 300 g/mol. The molecule has 3 aromatic rings. The molecule has 1 unspecified atom stereocenters. The smallest absolute Gasteiger partial charge is 0.0640 e. The molecule has 0 saturated carbocycles. The Labute approximate surface area is 133 Å². The van der Waals surface area contributed by atoms with Gasteiger partial charge in [-0.2, -0.15) is 0 Å². The molecule has 0 aliphatic heterocycles. The van der Waals surface area contributed by atoms with E-state index in [1.54, 1.807) is 23.7 Å². The minimum Gasteiger partial charge on any atom is -0.306 e. The van der Waals surface area contributed by atoms with Crippen LogP contribution >= 0.6 is 22.9 Å². The second-order valence-corrected chi connectivity index (χ2v) is 6.29. The van der Waals surface area contributed by atoms with Gasteiger partial charge in [-0.1, -0.05) is 36.7 Å². The molecule has 0 fully saturated rings. The van der Waals surface area contributed by atoms with Crippen LogP contribution in [0.2, 0.25) is 5.02 Å². The number of thiophene rings is 1. The van der Waals surface area contributed by atoms with Gasteiger partial charge in [-0.05, 0) is 47.0 Å². The highest BCUT2D eigenvalue weighted by atomic mass is 35.5. The predicted molar refractivity (Wildman–Crippen MR) is 91.2 cm³/mol. The summed E-state index contributed by atoms with van der Waals surface area (Å²) in [7, 11) is 0. The molecule has 1 N–H and O–H groups in total. The molecule has 2 aromatic heterocycles. The first kappa shape index (κ1) is 14.5. The maximum Gasteiger partial charge on any atom is 0.0640 e. The number of rotatable bonds is 5. The summed E-state index contributed by atoms with van der Waals surface area (Å²) in [5, 5.41) is 7.75. The molecule has 0 saturated heterocycles. The van der Waals surface area contributed by atoms with Gasteiger partial charge >= 0.3 is 0 Å². The summed E-state index contributed by atoms with van der Waals surface area (Å²) in [6.07, 6.45) is 4.60. The first-order valence-corrected chi connectivity index (χ1v) is 8.36. The minimum atomic E-state index is 0.0998. The first-order valence-electron chi connectivity index (χ1n) is 7.10. The van der Waals surface area contributed by atoms with Crippen molar-refractivity contribution in [2.45, 2.75) is 19.4 Å². The third kappa shape index (κ3) is 2.95. The Morgan fingerprint density at radius 2 is 2.14 bits per heavy atom. The number of benzene rings is 1. The van der Waals surface area contributed by atoms with Crippen molar-refractivity contribution in [3.8, 4) is 0 Å². The molecule has 2 nitrogen and oxygen atoms in total. The van der Waals surface area contributed by atoms with Gasteiger partial charge in [0.05, 0.1) is 11.1 Å². The molecular formula is C17H17ClN2S. The van der Waals surface area contributed by atoms with Gasteiger partial charge in [0.2, 0.25) is 0 Å². The van der Waals surface area contributed by atoms with E-state index in [1.165, 1.54) is 15.6 Å². The summed E-state index contributed by atoms with van der Waals surface area (Å²) >= 11 is 8.15. The zero-order chi connectivity index (χ0) is 14.7. The predicted octanol–water partition coefficient (Wildman–Crippen LogP) is 5.04. The van der Waals surface area contributed by atoms with E-state index in [0.717, 1.165) is 18.5 Å². The van der Waals surface area contributed by atoms with Crippen molar-refractivity contribution in [1.82, 2.24) is 10.3 Å². The quantitative estimate of drug-likeness (QED) is 0.713. The van der Waals surface area contributed by atoms with Gasteiger partial charge in [-0.25, -0.2) is 0 Å². The van der Waals surface area contributed by atoms with Gasteiger partial charge in [0, 0.05) is 17.1 Å². The molecule has 21 heavy (non-hydrogen) atoms. The lowest BCUT2D eigenvalue weighted by Gasteiger charge is -2.21. The van der Waals surface area contributed by atoms with Crippen LogP contribution in [0.25, 0.3) is 10.1 Å². The van der Waals surface area contributed by atoms with E-state index in [2.05, 4.69) is 46.9 Å². The lowest BCUT2D eigenvalue weighted by Crippen LogP contribution is -2.23. The fraction of sp³-hybridized carbons (Fsp3) is 0.235. The van der Waals surface area contributed by atoms with Crippen molar-refractivity contribution in [3.05, 3.63) is 64.3 Å². The van der Waals surface area contributed by atoms with E-state index in [1.807, 2.05) is 6.07 Å². The molecule has 3 rings (SSSR count). The third-order valence-corrected chi connectivity index (χ3v) is 4.83. The van der Waals surface area contributed by atoms with Crippen molar-refractivity contribution < 1.29 is 0 Å². The van der Waals surface area contributed by atoms with Gasteiger partial charge in [0.15, 0.2) is 0 Å². The SMILES string of the molecule is CCCNC(c1ccncc1Cl)c1cccc2ccsc12. The number of aromatic nitrogens is 1. The van der Waals surface area contributed by atoms with Crippen LogP contribution < -0.4 is 5.32 Å². The zero-order valence-electron chi connectivity index (χ0n) is 11.8. The largest absolute Gasteiger partial charge is 0.306 e. The number of halogens is 1. The summed E-state index contributed by atoms with van der Waals surface area (Å²) in [5.41, 5.74) is 2.37. The number of hydrogen-bond donors (Lipinski definition) is 1. The molecule has 2 heterocycles. The van der Waals surface area contributed by atoms with Crippen molar-refractivity contribution in [2.24, 2.45) is 0 Å². The van der Waals surface area contributed by atoms with Gasteiger partial charge in [-0.15, -0.1) is 11.3 Å². The third-order valence-electron chi connectivity index (χ3n) is 3.53. The summed E-state index contributed by atoms with van der Waals surface area (Å²) in [6.45, 7) is 3.12. The summed E-state index contributed by atoms with van der Waals surface area (Å²) in [6, 6.07) is 10.7. The Balaban J connectivity index is 2.11. The number of nitrogens with zero attached hydrogens (tertiary/aromatic N) is 1. The fourth-order valence-corrected chi connectivity index (χ4v) is 3.71. The molecule has 4 heteroatoms. The number of fused-ring (bicyclic) bond motifs is 1. The molecule has 0 aliphatic carbocycles. The monoisotopic (exact) mass is 316 g/mol. The van der Waals surface area contributed by atoms with Crippen LogP contribution in [0.4, 0.5) is 0 Å². The van der Waals surface area contributed by atoms with E-state index in [0.29, 0.717) is 5.02 Å². The molecule has 0 radical (unpaired) electrons. The second kappa shape index (κ2) is 6.56. The van der Waals surface area contributed by atoms with E-state index < -0.39 is 0 Å². The van der Waals surface area contributed by atoms with E-state index >= 15 is 0 Å². The van der Waals surface area contributed by atoms with Crippen molar-refractivity contribution in [3.63, 3.8) is 0 Å². The number of pyridine rings is 1. The van der Waals surface area contributed by atoms with Gasteiger partial charge < -0.3 is 5.32 Å². The zero-order valence-corrected chi connectivity index (χ0v) is 13.4. The molecule has 0 bridgehead atoms. The molecule has 0 amide bonds. The summed E-state index contributed by atoms with van der Waals surface area (Å²) in [4.78, 5) is 4.10. The first-order chi connectivity index (χ1) is 10.3. The Morgan fingerprint density at radius 3 is 2.95 bits per heavy atom. The Bertz CT molecular complexity index is 738. The minimum absolute atomic E-state index is 0.0998. The van der Waals surface area contributed by atoms with Crippen molar-refractivity contribution in [1.29, 1.82) is 0 Å². The Kier molecular flexibility index (Phi) is 4.54. The maximum absolute atomic E-state index is 6.37. The lowest BCUT2D eigenvalue weighted by molar-refractivity contribution is 0.601. The van der Waals surface area contributed by atoms with Gasteiger partial charge in [-0.3, -0.25) is 4.98 Å². The van der Waals surface area contributed by atoms with Gasteiger partial charge in [0.25, 0.3) is 0 Å². The van der Waals surface area contributed by atoms with Crippen molar-refractivity contribution in [2.75, 3.05) is 6.54 Å². The normalized spacial score (nSPS) is 12.7. The van der Waals surface area contributed by atoms with Gasteiger partial charge in [0.1, 0.15) is 0 Å². The second-order valence-electron chi connectivity index (χ2n) is 4.97. The van der Waals surface area contributed by atoms with Crippen LogP contribution in [-0.4, -0.2) is 11.5 Å². The van der Waals surface area contributed by atoms with E-state index in [4.69, 9.17) is 11.6 Å². The molecule has 1 aromatic carbocycles. The average molecular weight is 317 g/mol. The fourth-order valence-electron chi connectivity index (χ4n) is 2.54. The van der Waals surface area contributed by atoms with Crippen LogP contribution in [0.1, 0.15) is 30.5 Å². The lowest BCUT2D eigenvalue weighted by atomic mass is 9.98. The van der Waals surface area contributed by atoms with Crippen molar-refractivity contribution >= 4 is 33.0 Å². The van der Waals surface area contributed by atoms with Crippen LogP contribution in [0.5, 0.6) is 0 Å². The topological polar surface area (TPSA) is 24.9 Å². The standard InChI is InChI=1S/C17H17ClN2S/c1-2-8-20-16(13-6-9-19-11-15(13)18)14-5-3-4-12-7-10-21-17(12)14/h3-7,9-11,16,20H,2,8H2,1H3. The Morgan fingerprint density at radius 1 is 1.24 bits per heavy atom. The average Bonchev–Trinajstić information content (AvgIpc) is 2.98. The molecule has 1 atom stereocenters. The van der Waals surface area contributed by atoms with E-state index in [-0.39, 0.29) is 6.04 Å². The summed E-state index contributed by atoms with van der Waals surface area (Å²) < 4.78 is 1.32. The van der Waals surface area contributed by atoms with E-state index in [9.17, 15) is 0 Å². The van der Waals surface area contributed by atoms with Crippen LogP contribution in [0.3, 0.4) is 0 Å². The van der Waals surface area contributed by atoms with Crippen LogP contribution in [-0.2, 0) is 0 Å². The highest BCUT2D eigenvalue weighted by molar-refractivity contribution is 7.17. The Hall–Kier alpha value is -1.42. The van der Waals surface area contributed by atoms with Crippen LogP contribution in [0, 0.1) is 0 Å². The highest BCUT2D eigenvalue weighted by Crippen LogP contribution is 2.34. The summed E-state index contributed by atoms with van der Waals surface area (Å²) in [5.74, 6) is 0. The van der Waals surface area contributed by atoms with Crippen LogP contribution in [0.15, 0.2) is 48.1 Å². The molecule has 0 aliphatic rings. The molecule has 108 valence electrons. The number of nitrogens with one attached hydrogen (secondary N) is 1. The highest BCUT2D eigenvalue weighted by Gasteiger charge is 2.19.